The summed E-state index contributed by atoms with van der Waals surface area (Å²) in [5, 5.41) is 18.6. The fourth-order valence-corrected chi connectivity index (χ4v) is 3.75. The zero-order valence-corrected chi connectivity index (χ0v) is 22.4. The SMILES string of the molecule is COc1cc(Nc2nc(N[C@H](C3=CCCC=C3)[C@H](C)NC(=O)OC(C)(C)C)c(F)cc2C#N)cc(OC)n1. The van der Waals surface area contributed by atoms with Crippen molar-refractivity contribution in [3.05, 3.63) is 53.4 Å². The summed E-state index contributed by atoms with van der Waals surface area (Å²) in [7, 11) is 2.93. The van der Waals surface area contributed by atoms with Crippen molar-refractivity contribution in [3.8, 4) is 17.8 Å². The number of hydrogen-bond donors (Lipinski definition) is 3. The second-order valence-electron chi connectivity index (χ2n) is 9.63. The van der Waals surface area contributed by atoms with Gasteiger partial charge >= 0.3 is 6.09 Å². The molecule has 0 aliphatic heterocycles. The monoisotopic (exact) mass is 524 g/mol. The van der Waals surface area contributed by atoms with Crippen LogP contribution < -0.4 is 25.4 Å². The number of pyridine rings is 2. The van der Waals surface area contributed by atoms with Crippen LogP contribution in [0.3, 0.4) is 0 Å². The number of aromatic nitrogens is 2. The maximum absolute atomic E-state index is 15.2. The van der Waals surface area contributed by atoms with Crippen LogP contribution in [-0.4, -0.2) is 48.0 Å². The number of nitrogens with one attached hydrogen (secondary N) is 3. The van der Waals surface area contributed by atoms with Crippen molar-refractivity contribution >= 4 is 23.4 Å². The molecule has 0 unspecified atom stereocenters. The smallest absolute Gasteiger partial charge is 0.407 e. The van der Waals surface area contributed by atoms with Crippen LogP contribution >= 0.6 is 0 Å². The second-order valence-corrected chi connectivity index (χ2v) is 9.63. The van der Waals surface area contributed by atoms with E-state index < -0.39 is 29.6 Å². The predicted molar refractivity (Wildman–Crippen MR) is 142 cm³/mol. The molecule has 1 aliphatic rings. The minimum atomic E-state index is -0.716. The first-order valence-electron chi connectivity index (χ1n) is 12.1. The van der Waals surface area contributed by atoms with Crippen molar-refractivity contribution in [2.45, 2.75) is 58.2 Å². The number of halogens is 1. The Kier molecular flexibility index (Phi) is 9.12. The number of carbonyl (C=O) groups excluding carboxylic acids is 1. The highest BCUT2D eigenvalue weighted by molar-refractivity contribution is 5.69. The van der Waals surface area contributed by atoms with Gasteiger partial charge in [0.15, 0.2) is 17.5 Å². The van der Waals surface area contributed by atoms with E-state index in [2.05, 4.69) is 25.9 Å². The molecule has 1 amide bonds. The van der Waals surface area contributed by atoms with E-state index in [1.165, 1.54) is 14.2 Å². The second kappa shape index (κ2) is 12.3. The number of ether oxygens (including phenoxy) is 3. The molecule has 0 radical (unpaired) electrons. The molecule has 2 aromatic rings. The molecule has 0 aromatic carbocycles. The maximum Gasteiger partial charge on any atom is 0.407 e. The van der Waals surface area contributed by atoms with Gasteiger partial charge in [-0.1, -0.05) is 18.2 Å². The molecule has 0 saturated heterocycles. The van der Waals surface area contributed by atoms with E-state index in [0.717, 1.165) is 24.5 Å². The number of alkyl carbamates (subject to hydrolysis) is 1. The highest BCUT2D eigenvalue weighted by Gasteiger charge is 2.27. The van der Waals surface area contributed by atoms with Gasteiger partial charge < -0.3 is 30.2 Å². The van der Waals surface area contributed by atoms with E-state index in [-0.39, 0.29) is 29.0 Å². The quantitative estimate of drug-likeness (QED) is 0.404. The van der Waals surface area contributed by atoms with Crippen LogP contribution in [0.5, 0.6) is 11.8 Å². The Balaban J connectivity index is 1.94. The van der Waals surface area contributed by atoms with Crippen molar-refractivity contribution in [3.63, 3.8) is 0 Å². The minimum Gasteiger partial charge on any atom is -0.481 e. The fraction of sp³-hybridized carbons (Fsp3) is 0.407. The Morgan fingerprint density at radius 1 is 1.11 bits per heavy atom. The lowest BCUT2D eigenvalue weighted by molar-refractivity contribution is 0.0506. The standard InChI is InChI=1S/C27H33FN6O4/c1-16(30-26(35)38-27(2,3)4)23(17-10-8-7-9-11-17)33-25-20(28)12-18(15-29)24(34-25)31-19-13-21(36-5)32-22(14-19)37-6/h8,10-14,16,23H,7,9H2,1-6H3,(H,30,35)(H2,31,32,33,34)/t16-,23-/m0/s1. The Morgan fingerprint density at radius 3 is 2.34 bits per heavy atom. The van der Waals surface area contributed by atoms with Gasteiger partial charge in [-0.25, -0.2) is 14.2 Å². The molecule has 1 aliphatic carbocycles. The van der Waals surface area contributed by atoms with Crippen molar-refractivity contribution in [1.82, 2.24) is 15.3 Å². The third kappa shape index (κ3) is 7.59. The van der Waals surface area contributed by atoms with E-state index in [1.54, 1.807) is 39.8 Å². The lowest BCUT2D eigenvalue weighted by Gasteiger charge is -2.30. The van der Waals surface area contributed by atoms with Gasteiger partial charge in [-0.3, -0.25) is 0 Å². The van der Waals surface area contributed by atoms with Crippen molar-refractivity contribution in [1.29, 1.82) is 5.26 Å². The minimum absolute atomic E-state index is 0.00366. The summed E-state index contributed by atoms with van der Waals surface area (Å²) < 4.78 is 31.0. The number of amides is 1. The van der Waals surface area contributed by atoms with Crippen molar-refractivity contribution < 1.29 is 23.4 Å². The zero-order chi connectivity index (χ0) is 27.9. The van der Waals surface area contributed by atoms with Crippen LogP contribution in [0.15, 0.2) is 42.0 Å². The van der Waals surface area contributed by atoms with Gasteiger partial charge in [0.2, 0.25) is 11.8 Å². The molecule has 3 rings (SSSR count). The Hall–Kier alpha value is -4.33. The summed E-state index contributed by atoms with van der Waals surface area (Å²) in [6.45, 7) is 7.12. The van der Waals surface area contributed by atoms with Gasteiger partial charge in [0.05, 0.1) is 37.6 Å². The van der Waals surface area contributed by atoms with Crippen LogP contribution in [-0.2, 0) is 4.74 Å². The van der Waals surface area contributed by atoms with Gasteiger partial charge in [0, 0.05) is 12.1 Å². The lowest BCUT2D eigenvalue weighted by atomic mass is 9.95. The van der Waals surface area contributed by atoms with Gasteiger partial charge in [-0.2, -0.15) is 10.2 Å². The number of allylic oxidation sites excluding steroid dienone is 2. The lowest BCUT2D eigenvalue weighted by Crippen LogP contribution is -2.47. The molecule has 3 N–H and O–H groups in total. The summed E-state index contributed by atoms with van der Waals surface area (Å²) in [5.41, 5.74) is 0.667. The van der Waals surface area contributed by atoms with Gasteiger partial charge in [-0.05, 0) is 52.2 Å². The highest BCUT2D eigenvalue weighted by Crippen LogP contribution is 2.29. The molecule has 2 aromatic heterocycles. The largest absolute Gasteiger partial charge is 0.481 e. The molecule has 0 bridgehead atoms. The number of methoxy groups -OCH3 is 2. The van der Waals surface area contributed by atoms with E-state index >= 15 is 4.39 Å². The van der Waals surface area contributed by atoms with Crippen LogP contribution in [0.25, 0.3) is 0 Å². The van der Waals surface area contributed by atoms with E-state index in [9.17, 15) is 10.1 Å². The number of carbonyl (C=O) groups is 1. The van der Waals surface area contributed by atoms with Crippen LogP contribution in [0.1, 0.15) is 46.1 Å². The Bertz CT molecular complexity index is 1240. The van der Waals surface area contributed by atoms with Crippen LogP contribution in [0.2, 0.25) is 0 Å². The Labute approximate surface area is 221 Å². The fourth-order valence-electron chi connectivity index (χ4n) is 3.75. The topological polar surface area (TPSA) is 130 Å². The summed E-state index contributed by atoms with van der Waals surface area (Å²) in [4.78, 5) is 21.0. The summed E-state index contributed by atoms with van der Waals surface area (Å²) >= 11 is 0. The molecule has 202 valence electrons. The van der Waals surface area contributed by atoms with Gasteiger partial charge in [-0.15, -0.1) is 0 Å². The molecule has 38 heavy (non-hydrogen) atoms. The number of nitriles is 1. The van der Waals surface area contributed by atoms with E-state index in [0.29, 0.717) is 5.69 Å². The zero-order valence-electron chi connectivity index (χ0n) is 22.4. The Morgan fingerprint density at radius 2 is 1.79 bits per heavy atom. The first-order chi connectivity index (χ1) is 18.0. The van der Waals surface area contributed by atoms with E-state index in [4.69, 9.17) is 14.2 Å². The number of hydrogen-bond acceptors (Lipinski definition) is 9. The van der Waals surface area contributed by atoms with E-state index in [1.807, 2.05) is 24.3 Å². The molecular weight excluding hydrogens is 491 g/mol. The van der Waals surface area contributed by atoms with Crippen LogP contribution in [0, 0.1) is 17.1 Å². The molecule has 2 heterocycles. The number of rotatable bonds is 9. The van der Waals surface area contributed by atoms with Crippen LogP contribution in [0.4, 0.5) is 26.5 Å². The third-order valence-corrected chi connectivity index (χ3v) is 5.48. The summed E-state index contributed by atoms with van der Waals surface area (Å²) in [6, 6.07) is 5.21. The molecule has 11 heteroatoms. The average molecular weight is 525 g/mol. The highest BCUT2D eigenvalue weighted by atomic mass is 19.1. The molecule has 0 fully saturated rings. The van der Waals surface area contributed by atoms with Gasteiger partial charge in [0.25, 0.3) is 0 Å². The molecular formula is C27H33FN6O4. The summed E-state index contributed by atoms with van der Waals surface area (Å²) in [6.07, 6.45) is 7.09. The average Bonchev–Trinajstić information content (AvgIpc) is 2.87. The van der Waals surface area contributed by atoms with Gasteiger partial charge in [0.1, 0.15) is 11.7 Å². The first kappa shape index (κ1) is 28.2. The normalized spacial score (nSPS) is 14.4. The van der Waals surface area contributed by atoms with Crippen molar-refractivity contribution in [2.24, 2.45) is 0 Å². The molecule has 10 nitrogen and oxygen atoms in total. The summed E-state index contributed by atoms with van der Waals surface area (Å²) in [5.74, 6) is -0.131. The van der Waals surface area contributed by atoms with Crippen molar-refractivity contribution in [2.75, 3.05) is 24.9 Å². The maximum atomic E-state index is 15.2. The molecule has 2 atom stereocenters. The predicted octanol–water partition coefficient (Wildman–Crippen LogP) is 5.22. The number of nitrogens with zero attached hydrogens (tertiary/aromatic N) is 3. The first-order valence-corrected chi connectivity index (χ1v) is 12.1. The third-order valence-electron chi connectivity index (χ3n) is 5.48. The molecule has 0 spiro atoms. The molecule has 0 saturated carbocycles. The number of anilines is 3.